The fourth-order valence-corrected chi connectivity index (χ4v) is 8.45. The molecule has 1 aliphatic heterocycles. The van der Waals surface area contributed by atoms with Crippen LogP contribution in [0.3, 0.4) is 0 Å². The number of nitrogens with two attached hydrogens (primary N) is 1. The summed E-state index contributed by atoms with van der Waals surface area (Å²) in [7, 11) is 6.92. The van der Waals surface area contributed by atoms with Crippen molar-refractivity contribution in [3.63, 3.8) is 0 Å². The second kappa shape index (κ2) is 9.05. The van der Waals surface area contributed by atoms with Crippen LogP contribution >= 0.6 is 0 Å². The van der Waals surface area contributed by atoms with Crippen molar-refractivity contribution in [1.82, 2.24) is 9.80 Å². The number of anilines is 1. The number of piperidine rings is 1. The minimum Gasteiger partial charge on any atom is -0.508 e. The molecular formula is C31H40N4O7. The number of ketones is 2. The smallest absolute Gasteiger partial charge is 0.255 e. The number of aliphatic hydroxyl groups is 3. The van der Waals surface area contributed by atoms with E-state index in [1.807, 2.05) is 25.1 Å². The molecule has 42 heavy (non-hydrogen) atoms. The number of phenols is 1. The molecule has 6 rings (SSSR count). The standard InChI is InChI=1S/C31H40N4O7/c1-30(2)17-11-35(12-18(17)30)10-14-9-19(33(3)4)15-7-13-8-16-23(34(5)6)26(38)22(29(32)41)28(40)31(16,42)27(39)20(13)25(37)21(15)24(14)36/h9,13,16-18,23,36-37,40,42H,7-8,10-12H2,1-6H3,(H2,32,41)/t13-,16-,17?,18?,23-,31-/m0/s1. The average Bonchev–Trinajstić information content (AvgIpc) is 3.19. The number of amides is 1. The first-order valence-electron chi connectivity index (χ1n) is 14.5. The van der Waals surface area contributed by atoms with E-state index in [0.29, 0.717) is 34.9 Å². The lowest BCUT2D eigenvalue weighted by molar-refractivity contribution is -0.153. The number of benzene rings is 1. The summed E-state index contributed by atoms with van der Waals surface area (Å²) in [5.74, 6) is -5.14. The van der Waals surface area contributed by atoms with E-state index in [0.717, 1.165) is 18.8 Å². The fourth-order valence-electron chi connectivity index (χ4n) is 8.45. The average molecular weight is 581 g/mol. The molecular weight excluding hydrogens is 540 g/mol. The molecule has 1 amide bonds. The second-order valence-electron chi connectivity index (χ2n) is 13.8. The Hall–Kier alpha value is -3.41. The van der Waals surface area contributed by atoms with E-state index in [2.05, 4.69) is 18.7 Å². The molecule has 4 aliphatic carbocycles. The number of carbonyl (C=O) groups excluding carboxylic acids is 3. The quantitative estimate of drug-likeness (QED) is 0.318. The van der Waals surface area contributed by atoms with Crippen LogP contribution < -0.4 is 10.6 Å². The van der Waals surface area contributed by atoms with E-state index in [1.54, 1.807) is 14.1 Å². The maximum absolute atomic E-state index is 14.1. The Labute approximate surface area is 244 Å². The van der Waals surface area contributed by atoms with Crippen molar-refractivity contribution in [3.8, 4) is 5.75 Å². The van der Waals surface area contributed by atoms with Gasteiger partial charge in [-0.15, -0.1) is 0 Å². The number of hydrogen-bond acceptors (Lipinski definition) is 10. The fraction of sp³-hybridized carbons (Fsp3) is 0.581. The summed E-state index contributed by atoms with van der Waals surface area (Å²) in [6.07, 6.45) is 0.325. The molecule has 6 N–H and O–H groups in total. The zero-order valence-electron chi connectivity index (χ0n) is 24.9. The van der Waals surface area contributed by atoms with E-state index in [9.17, 15) is 34.8 Å². The number of Topliss-reactive ketones (excluding diaryl/α,β-unsaturated/α-hetero) is 2. The number of aromatic hydroxyl groups is 1. The topological polar surface area (TPSA) is 168 Å². The van der Waals surface area contributed by atoms with Crippen LogP contribution in [0.25, 0.3) is 5.76 Å². The molecule has 5 aliphatic rings. The van der Waals surface area contributed by atoms with Crippen molar-refractivity contribution in [1.29, 1.82) is 0 Å². The molecule has 3 fully saturated rings. The minimum atomic E-state index is -2.65. The highest BCUT2D eigenvalue weighted by molar-refractivity contribution is 6.24. The van der Waals surface area contributed by atoms with Crippen molar-refractivity contribution >= 4 is 28.9 Å². The van der Waals surface area contributed by atoms with E-state index in [4.69, 9.17) is 5.73 Å². The molecule has 0 aromatic heterocycles. The zero-order chi connectivity index (χ0) is 30.8. The zero-order valence-corrected chi connectivity index (χ0v) is 24.9. The molecule has 0 radical (unpaired) electrons. The molecule has 11 nitrogen and oxygen atoms in total. The highest BCUT2D eigenvalue weighted by Gasteiger charge is 2.64. The van der Waals surface area contributed by atoms with Crippen molar-refractivity contribution < 1.29 is 34.8 Å². The SMILES string of the molecule is CN(C)c1cc(CN2CC3C(C2)C3(C)C)c(O)c2c1C[C@H]1C[C@H]3[C@H](N(C)C)C(=O)C(C(N)=O)=C(O)[C@@]3(O)C(=O)C1=C2O. The first kappa shape index (κ1) is 28.7. The van der Waals surface area contributed by atoms with Gasteiger partial charge in [-0.3, -0.25) is 24.2 Å². The molecule has 0 spiro atoms. The highest BCUT2D eigenvalue weighted by atomic mass is 16.3. The number of carbonyl (C=O) groups is 3. The monoisotopic (exact) mass is 580 g/mol. The normalized spacial score (nSPS) is 33.4. The number of primary amides is 1. The third kappa shape index (κ3) is 3.66. The molecule has 0 bridgehead atoms. The molecule has 226 valence electrons. The Morgan fingerprint density at radius 1 is 1.07 bits per heavy atom. The third-order valence-electron chi connectivity index (χ3n) is 10.8. The van der Waals surface area contributed by atoms with Crippen LogP contribution in [-0.2, 0) is 27.3 Å². The summed E-state index contributed by atoms with van der Waals surface area (Å²) >= 11 is 0. The van der Waals surface area contributed by atoms with Crippen LogP contribution in [0.15, 0.2) is 23.0 Å². The van der Waals surface area contributed by atoms with Crippen molar-refractivity contribution in [2.24, 2.45) is 34.8 Å². The Kier molecular flexibility index (Phi) is 6.18. The van der Waals surface area contributed by atoms with Crippen LogP contribution in [0.4, 0.5) is 5.69 Å². The lowest BCUT2D eigenvalue weighted by Gasteiger charge is -2.50. The Bertz CT molecular complexity index is 1490. The van der Waals surface area contributed by atoms with Gasteiger partial charge in [0.1, 0.15) is 22.8 Å². The first-order valence-corrected chi connectivity index (χ1v) is 14.5. The summed E-state index contributed by atoms with van der Waals surface area (Å²) in [6.45, 7) is 6.89. The van der Waals surface area contributed by atoms with Crippen LogP contribution in [0.5, 0.6) is 5.75 Å². The maximum atomic E-state index is 14.1. The largest absolute Gasteiger partial charge is 0.508 e. The molecule has 1 heterocycles. The molecule has 2 saturated carbocycles. The Balaban J connectivity index is 1.47. The third-order valence-corrected chi connectivity index (χ3v) is 10.8. The van der Waals surface area contributed by atoms with Gasteiger partial charge in [-0.1, -0.05) is 13.8 Å². The summed E-state index contributed by atoms with van der Waals surface area (Å²) in [5.41, 5.74) is 4.37. The number of fused-ring (bicyclic) bond motifs is 4. The number of likely N-dealkylation sites (N-methyl/N-ethyl adjacent to an activating group) is 1. The van der Waals surface area contributed by atoms with E-state index in [1.165, 1.54) is 4.90 Å². The lowest BCUT2D eigenvalue weighted by Crippen LogP contribution is -2.65. The van der Waals surface area contributed by atoms with E-state index >= 15 is 0 Å². The predicted octanol–water partition coefficient (Wildman–Crippen LogP) is 1.12. The number of aliphatic hydroxyl groups excluding tert-OH is 2. The number of likely N-dealkylation sites (tertiary alicyclic amines) is 1. The van der Waals surface area contributed by atoms with Crippen LogP contribution in [-0.4, -0.2) is 101 Å². The number of nitrogens with zero attached hydrogens (tertiary/aromatic N) is 3. The van der Waals surface area contributed by atoms with Gasteiger partial charge < -0.3 is 31.1 Å². The van der Waals surface area contributed by atoms with Gasteiger partial charge in [0.2, 0.25) is 5.78 Å². The molecule has 1 aromatic rings. The summed E-state index contributed by atoms with van der Waals surface area (Å²) in [5, 5.41) is 46.2. The van der Waals surface area contributed by atoms with Crippen molar-refractivity contribution in [2.75, 3.05) is 46.2 Å². The van der Waals surface area contributed by atoms with Gasteiger partial charge >= 0.3 is 0 Å². The van der Waals surface area contributed by atoms with Gasteiger partial charge in [0.25, 0.3) is 5.91 Å². The van der Waals surface area contributed by atoms with Gasteiger partial charge in [0, 0.05) is 56.5 Å². The predicted molar refractivity (Wildman–Crippen MR) is 155 cm³/mol. The maximum Gasteiger partial charge on any atom is 0.255 e. The van der Waals surface area contributed by atoms with Crippen molar-refractivity contribution in [3.05, 3.63) is 39.7 Å². The molecule has 2 unspecified atom stereocenters. The number of phenolic OH excluding ortho intramolecular Hbond substituents is 1. The summed E-state index contributed by atoms with van der Waals surface area (Å²) in [4.78, 5) is 45.3. The first-order chi connectivity index (χ1) is 19.5. The second-order valence-corrected chi connectivity index (χ2v) is 13.8. The lowest BCUT2D eigenvalue weighted by atomic mass is 9.57. The summed E-state index contributed by atoms with van der Waals surface area (Å²) < 4.78 is 0. The van der Waals surface area contributed by atoms with Crippen LogP contribution in [0.1, 0.15) is 37.0 Å². The van der Waals surface area contributed by atoms with Gasteiger partial charge in [0.15, 0.2) is 11.4 Å². The van der Waals surface area contributed by atoms with Gasteiger partial charge in [-0.25, -0.2) is 0 Å². The molecule has 11 heteroatoms. The number of rotatable bonds is 5. The van der Waals surface area contributed by atoms with Crippen molar-refractivity contribution in [2.45, 2.75) is 44.9 Å². The Morgan fingerprint density at radius 2 is 1.69 bits per heavy atom. The van der Waals surface area contributed by atoms with E-state index in [-0.39, 0.29) is 29.7 Å². The van der Waals surface area contributed by atoms with Gasteiger partial charge in [0.05, 0.1) is 11.6 Å². The summed E-state index contributed by atoms with van der Waals surface area (Å²) in [6, 6.07) is 0.825. The highest BCUT2D eigenvalue weighted by Crippen LogP contribution is 2.62. The van der Waals surface area contributed by atoms with Gasteiger partial charge in [-0.2, -0.15) is 0 Å². The van der Waals surface area contributed by atoms with E-state index < -0.39 is 58.0 Å². The van der Waals surface area contributed by atoms with Crippen LogP contribution in [0.2, 0.25) is 0 Å². The van der Waals surface area contributed by atoms with Crippen LogP contribution in [0, 0.1) is 29.1 Å². The molecule has 1 aromatic carbocycles. The molecule has 6 atom stereocenters. The molecule has 1 saturated heterocycles. The minimum absolute atomic E-state index is 0.0630. The number of hydrogen-bond donors (Lipinski definition) is 5. The Morgan fingerprint density at radius 3 is 2.24 bits per heavy atom. The van der Waals surface area contributed by atoms with Gasteiger partial charge in [-0.05, 0) is 61.7 Å².